The monoisotopic (exact) mass is 543 g/mol. The number of rotatable bonds is 10. The third kappa shape index (κ3) is 7.41. The normalized spacial score (nSPS) is 14.3. The van der Waals surface area contributed by atoms with Crippen LogP contribution in [0.1, 0.15) is 40.1 Å². The molecule has 39 heavy (non-hydrogen) atoms. The first-order valence-corrected chi connectivity index (χ1v) is 14.1. The second-order valence-electron chi connectivity index (χ2n) is 9.84. The van der Waals surface area contributed by atoms with Crippen LogP contribution in [0.3, 0.4) is 0 Å². The number of aliphatic hydroxyl groups excluding tert-OH is 1. The number of aliphatic hydroxyl groups is 1. The lowest BCUT2D eigenvalue weighted by Gasteiger charge is -2.31. The number of aromatic hydroxyl groups is 1. The molecule has 2 aromatic heterocycles. The summed E-state index contributed by atoms with van der Waals surface area (Å²) in [6.45, 7) is 3.64. The van der Waals surface area contributed by atoms with Gasteiger partial charge in [-0.2, -0.15) is 0 Å². The van der Waals surface area contributed by atoms with Gasteiger partial charge in [-0.1, -0.05) is 24.3 Å². The van der Waals surface area contributed by atoms with Crippen molar-refractivity contribution >= 4 is 28.9 Å². The van der Waals surface area contributed by atoms with Gasteiger partial charge in [0.05, 0.1) is 15.4 Å². The van der Waals surface area contributed by atoms with Crippen LogP contribution in [0, 0.1) is 5.92 Å². The third-order valence-corrected chi connectivity index (χ3v) is 8.04. The van der Waals surface area contributed by atoms with E-state index in [0.29, 0.717) is 23.3 Å². The van der Waals surface area contributed by atoms with Crippen molar-refractivity contribution in [2.45, 2.75) is 32.4 Å². The minimum absolute atomic E-state index is 0.170. The summed E-state index contributed by atoms with van der Waals surface area (Å²) in [6, 6.07) is 20.7. The Hall–Kier alpha value is -3.79. The first kappa shape index (κ1) is 26.8. The number of likely N-dealkylation sites (tertiary alicyclic amines) is 1. The van der Waals surface area contributed by atoms with Crippen LogP contribution in [-0.4, -0.2) is 50.7 Å². The molecule has 0 bridgehead atoms. The number of carbonyl (C=O) groups is 1. The Labute approximate surface area is 232 Å². The summed E-state index contributed by atoms with van der Waals surface area (Å²) in [5.74, 6) is 1.14. The van der Waals surface area contributed by atoms with Crippen LogP contribution in [0.25, 0.3) is 10.6 Å². The van der Waals surface area contributed by atoms with Crippen LogP contribution >= 0.6 is 11.3 Å². The van der Waals surface area contributed by atoms with E-state index in [0.717, 1.165) is 60.7 Å². The summed E-state index contributed by atoms with van der Waals surface area (Å²) in [7, 11) is 0. The van der Waals surface area contributed by atoms with Crippen molar-refractivity contribution in [2.75, 3.05) is 25.0 Å². The number of carbonyl (C=O) groups excluding carboxylic acids is 1. The lowest BCUT2D eigenvalue weighted by Crippen LogP contribution is -2.33. The van der Waals surface area contributed by atoms with Gasteiger partial charge in [-0.15, -0.1) is 11.3 Å². The van der Waals surface area contributed by atoms with Crippen molar-refractivity contribution in [2.24, 2.45) is 5.92 Å². The van der Waals surface area contributed by atoms with Gasteiger partial charge >= 0.3 is 0 Å². The highest BCUT2D eigenvalue weighted by atomic mass is 32.1. The van der Waals surface area contributed by atoms with Crippen LogP contribution in [0.2, 0.25) is 0 Å². The number of hydrogen-bond acceptors (Lipinski definition) is 8. The van der Waals surface area contributed by atoms with E-state index in [-0.39, 0.29) is 18.3 Å². The predicted octanol–water partition coefficient (Wildman–Crippen LogP) is 5.18. The van der Waals surface area contributed by atoms with E-state index in [9.17, 15) is 15.0 Å². The molecule has 1 aliphatic rings. The second kappa shape index (κ2) is 12.8. The van der Waals surface area contributed by atoms with Gasteiger partial charge in [0.15, 0.2) is 0 Å². The number of anilines is 2. The Morgan fingerprint density at radius 2 is 1.85 bits per heavy atom. The number of amides is 1. The number of thiophene rings is 1. The highest BCUT2D eigenvalue weighted by Crippen LogP contribution is 2.28. The molecule has 1 aliphatic heterocycles. The molecule has 2 aromatic carbocycles. The smallest absolute Gasteiger partial charge is 0.261 e. The van der Waals surface area contributed by atoms with Gasteiger partial charge in [0.1, 0.15) is 5.75 Å². The number of benzene rings is 2. The zero-order valence-corrected chi connectivity index (χ0v) is 22.5. The molecule has 4 aromatic rings. The molecule has 0 saturated carbocycles. The van der Waals surface area contributed by atoms with Gasteiger partial charge in [0.25, 0.3) is 5.91 Å². The van der Waals surface area contributed by atoms with Crippen LogP contribution < -0.4 is 10.6 Å². The van der Waals surface area contributed by atoms with E-state index in [1.54, 1.807) is 30.5 Å². The fourth-order valence-electron chi connectivity index (χ4n) is 4.84. The van der Waals surface area contributed by atoms with Gasteiger partial charge in [0.2, 0.25) is 5.95 Å². The zero-order valence-electron chi connectivity index (χ0n) is 21.7. The van der Waals surface area contributed by atoms with Crippen molar-refractivity contribution in [3.8, 4) is 16.3 Å². The first-order chi connectivity index (χ1) is 19.1. The van der Waals surface area contributed by atoms with Crippen LogP contribution in [0.4, 0.5) is 11.6 Å². The predicted molar refractivity (Wildman–Crippen MR) is 154 cm³/mol. The van der Waals surface area contributed by atoms with Crippen LogP contribution in [0.5, 0.6) is 5.75 Å². The fourth-order valence-corrected chi connectivity index (χ4v) is 5.73. The van der Waals surface area contributed by atoms with Crippen molar-refractivity contribution in [1.82, 2.24) is 20.2 Å². The number of aromatic nitrogens is 2. The molecule has 8 nitrogen and oxygen atoms in total. The third-order valence-electron chi connectivity index (χ3n) is 6.94. The summed E-state index contributed by atoms with van der Waals surface area (Å²) in [6.07, 6.45) is 4.91. The molecule has 0 spiro atoms. The topological polar surface area (TPSA) is 111 Å². The highest BCUT2D eigenvalue weighted by Gasteiger charge is 2.19. The Bertz CT molecular complexity index is 1400. The molecule has 5 rings (SSSR count). The van der Waals surface area contributed by atoms with Gasteiger partial charge in [-0.3, -0.25) is 9.69 Å². The Morgan fingerprint density at radius 3 is 2.67 bits per heavy atom. The van der Waals surface area contributed by atoms with Crippen LogP contribution in [0.15, 0.2) is 72.9 Å². The van der Waals surface area contributed by atoms with E-state index in [1.807, 2.05) is 30.3 Å². The van der Waals surface area contributed by atoms with Gasteiger partial charge in [-0.25, -0.2) is 9.97 Å². The molecule has 0 atom stereocenters. The van der Waals surface area contributed by atoms with Crippen molar-refractivity contribution in [1.29, 1.82) is 0 Å². The molecule has 1 amide bonds. The van der Waals surface area contributed by atoms with Gasteiger partial charge in [-0.05, 0) is 91.9 Å². The maximum Gasteiger partial charge on any atom is 0.261 e. The van der Waals surface area contributed by atoms with E-state index in [1.165, 1.54) is 16.9 Å². The quantitative estimate of drug-likeness (QED) is 0.218. The fraction of sp³-hybridized carbons (Fsp3) is 0.300. The van der Waals surface area contributed by atoms with Crippen molar-refractivity contribution < 1.29 is 15.0 Å². The molecule has 4 N–H and O–H groups in total. The first-order valence-electron chi connectivity index (χ1n) is 13.2. The average molecular weight is 544 g/mol. The Kier molecular flexibility index (Phi) is 8.82. The lowest BCUT2D eigenvalue weighted by molar-refractivity contribution is 0.0955. The summed E-state index contributed by atoms with van der Waals surface area (Å²) in [5, 5.41) is 25.0. The minimum Gasteiger partial charge on any atom is -0.508 e. The van der Waals surface area contributed by atoms with E-state index in [4.69, 9.17) is 0 Å². The molecular weight excluding hydrogens is 510 g/mol. The van der Waals surface area contributed by atoms with Crippen molar-refractivity contribution in [3.63, 3.8) is 0 Å². The molecular formula is C30H33N5O3S. The molecule has 1 saturated heterocycles. The number of nitrogens with one attached hydrogen (secondary N) is 2. The number of phenolic OH excluding ortho intramolecular Hbond substituents is 1. The van der Waals surface area contributed by atoms with Gasteiger partial charge < -0.3 is 20.8 Å². The van der Waals surface area contributed by atoms with Crippen LogP contribution in [-0.2, 0) is 13.1 Å². The number of hydrogen-bond donors (Lipinski definition) is 4. The molecule has 0 unspecified atom stereocenters. The second-order valence-corrected chi connectivity index (χ2v) is 10.9. The summed E-state index contributed by atoms with van der Waals surface area (Å²) in [5.41, 5.74) is 3.74. The average Bonchev–Trinajstić information content (AvgIpc) is 3.44. The standard InChI is InChI=1S/C30H33N5O3S/c36-16-12-21-10-14-35(15-11-21)20-23-4-1-5-24(17-23)33-30-31-13-9-26(34-30)27-7-8-28(39-27)29(38)32-19-22-3-2-6-25(37)18-22/h1-9,13,17-18,21,36-37H,10-12,14-16,19-20H2,(H,32,38)(H,31,33,34). The largest absolute Gasteiger partial charge is 0.508 e. The van der Waals surface area contributed by atoms with E-state index >= 15 is 0 Å². The molecule has 3 heterocycles. The maximum absolute atomic E-state index is 12.7. The summed E-state index contributed by atoms with van der Waals surface area (Å²) >= 11 is 1.37. The zero-order chi connectivity index (χ0) is 27.0. The van der Waals surface area contributed by atoms with E-state index < -0.39 is 0 Å². The highest BCUT2D eigenvalue weighted by molar-refractivity contribution is 7.17. The number of piperidine rings is 1. The number of phenols is 1. The van der Waals surface area contributed by atoms with E-state index in [2.05, 4.69) is 37.6 Å². The Balaban J connectivity index is 1.19. The van der Waals surface area contributed by atoms with Crippen molar-refractivity contribution in [3.05, 3.63) is 88.9 Å². The molecule has 0 radical (unpaired) electrons. The lowest BCUT2D eigenvalue weighted by atomic mass is 9.94. The molecule has 9 heteroatoms. The summed E-state index contributed by atoms with van der Waals surface area (Å²) in [4.78, 5) is 25.7. The Morgan fingerprint density at radius 1 is 1.03 bits per heavy atom. The maximum atomic E-state index is 12.7. The van der Waals surface area contributed by atoms with Gasteiger partial charge in [0, 0.05) is 31.6 Å². The molecule has 1 fully saturated rings. The SMILES string of the molecule is O=C(NCc1cccc(O)c1)c1ccc(-c2ccnc(Nc3cccc(CN4CCC(CCO)CC4)c3)n2)s1. The number of nitrogens with zero attached hydrogens (tertiary/aromatic N) is 3. The molecule has 202 valence electrons. The minimum atomic E-state index is -0.170. The summed E-state index contributed by atoms with van der Waals surface area (Å²) < 4.78 is 0. The molecule has 0 aliphatic carbocycles.